The van der Waals surface area contributed by atoms with Crippen molar-refractivity contribution in [3.63, 3.8) is 0 Å². The van der Waals surface area contributed by atoms with E-state index >= 15 is 0 Å². The Bertz CT molecular complexity index is 489. The molecule has 0 aliphatic carbocycles. The predicted octanol–water partition coefficient (Wildman–Crippen LogP) is 3.12. The van der Waals surface area contributed by atoms with Crippen molar-refractivity contribution in [1.29, 1.82) is 0 Å². The van der Waals surface area contributed by atoms with Crippen molar-refractivity contribution in [2.45, 2.75) is 40.7 Å². The molecule has 0 atom stereocenters. The minimum absolute atomic E-state index is 0.177. The molecule has 4 heteroatoms. The van der Waals surface area contributed by atoms with Crippen LogP contribution in [-0.2, 0) is 11.3 Å². The van der Waals surface area contributed by atoms with Gasteiger partial charge in [-0.2, -0.15) is 0 Å². The van der Waals surface area contributed by atoms with Crippen molar-refractivity contribution in [3.8, 4) is 0 Å². The number of hydrogen-bond donors (Lipinski definition) is 1. The van der Waals surface area contributed by atoms with Crippen LogP contribution in [0.5, 0.6) is 0 Å². The first-order valence-electron chi connectivity index (χ1n) is 7.52. The Kier molecular flexibility index (Phi) is 5.64. The number of hydrogen-bond acceptors (Lipinski definition) is 3. The molecule has 0 aliphatic rings. The molecule has 118 valence electrons. The van der Waals surface area contributed by atoms with Gasteiger partial charge in [-0.3, -0.25) is 4.79 Å². The lowest BCUT2D eigenvalue weighted by Gasteiger charge is -2.31. The van der Waals surface area contributed by atoms with Crippen molar-refractivity contribution in [3.05, 3.63) is 23.8 Å². The van der Waals surface area contributed by atoms with Gasteiger partial charge in [-0.05, 0) is 30.2 Å². The van der Waals surface area contributed by atoms with Gasteiger partial charge in [0, 0.05) is 44.0 Å². The standard InChI is InChI=1S/C17H29N3O/c1-7-10-20(16(21)17(2,3)4)12-13-11-14(18)8-9-15(13)19(5)6/h8-9,11H,7,10,12,18H2,1-6H3. The van der Waals surface area contributed by atoms with E-state index in [0.717, 1.165) is 29.9 Å². The lowest BCUT2D eigenvalue weighted by Crippen LogP contribution is -2.39. The zero-order valence-electron chi connectivity index (χ0n) is 14.2. The van der Waals surface area contributed by atoms with Gasteiger partial charge in [0.15, 0.2) is 0 Å². The predicted molar refractivity (Wildman–Crippen MR) is 90.3 cm³/mol. The SMILES string of the molecule is CCCN(Cc1cc(N)ccc1N(C)C)C(=O)C(C)(C)C. The molecular formula is C17H29N3O. The molecule has 2 N–H and O–H groups in total. The highest BCUT2D eigenvalue weighted by Crippen LogP contribution is 2.25. The Balaban J connectivity index is 3.09. The molecular weight excluding hydrogens is 262 g/mol. The van der Waals surface area contributed by atoms with Crippen LogP contribution in [-0.4, -0.2) is 31.4 Å². The first-order valence-corrected chi connectivity index (χ1v) is 7.52. The van der Waals surface area contributed by atoms with E-state index in [1.165, 1.54) is 0 Å². The molecule has 0 radical (unpaired) electrons. The quantitative estimate of drug-likeness (QED) is 0.848. The van der Waals surface area contributed by atoms with Crippen LogP contribution in [0.1, 0.15) is 39.7 Å². The summed E-state index contributed by atoms with van der Waals surface area (Å²) in [5.74, 6) is 0.177. The molecule has 0 bridgehead atoms. The number of carbonyl (C=O) groups is 1. The average Bonchev–Trinajstić information content (AvgIpc) is 2.36. The number of anilines is 2. The minimum Gasteiger partial charge on any atom is -0.399 e. The monoisotopic (exact) mass is 291 g/mol. The summed E-state index contributed by atoms with van der Waals surface area (Å²) in [4.78, 5) is 16.6. The van der Waals surface area contributed by atoms with Gasteiger partial charge in [-0.1, -0.05) is 27.7 Å². The molecule has 1 aromatic rings. The van der Waals surface area contributed by atoms with Crippen LogP contribution in [0.2, 0.25) is 0 Å². The Morgan fingerprint density at radius 2 is 1.86 bits per heavy atom. The summed E-state index contributed by atoms with van der Waals surface area (Å²) in [6, 6.07) is 5.87. The van der Waals surface area contributed by atoms with Gasteiger partial charge in [-0.25, -0.2) is 0 Å². The number of nitrogens with zero attached hydrogens (tertiary/aromatic N) is 2. The summed E-state index contributed by atoms with van der Waals surface area (Å²) in [5, 5.41) is 0. The largest absolute Gasteiger partial charge is 0.399 e. The Hall–Kier alpha value is -1.71. The summed E-state index contributed by atoms with van der Waals surface area (Å²) in [6.07, 6.45) is 0.946. The molecule has 1 amide bonds. The highest BCUT2D eigenvalue weighted by molar-refractivity contribution is 5.81. The zero-order chi connectivity index (χ0) is 16.2. The maximum Gasteiger partial charge on any atom is 0.228 e. The molecule has 4 nitrogen and oxygen atoms in total. The fourth-order valence-corrected chi connectivity index (χ4v) is 2.37. The van der Waals surface area contributed by atoms with Gasteiger partial charge in [-0.15, -0.1) is 0 Å². The van der Waals surface area contributed by atoms with Crippen molar-refractivity contribution >= 4 is 17.3 Å². The van der Waals surface area contributed by atoms with E-state index in [1.807, 2.05) is 58.0 Å². The molecule has 1 rings (SSSR count). The van der Waals surface area contributed by atoms with E-state index < -0.39 is 0 Å². The molecule has 0 fully saturated rings. The molecule has 0 saturated heterocycles. The normalized spacial score (nSPS) is 11.3. The van der Waals surface area contributed by atoms with E-state index in [1.54, 1.807) is 0 Å². The van der Waals surface area contributed by atoms with Crippen molar-refractivity contribution in [2.24, 2.45) is 5.41 Å². The van der Waals surface area contributed by atoms with E-state index in [9.17, 15) is 4.79 Å². The summed E-state index contributed by atoms with van der Waals surface area (Å²) >= 11 is 0. The van der Waals surface area contributed by atoms with Crippen molar-refractivity contribution in [1.82, 2.24) is 4.90 Å². The van der Waals surface area contributed by atoms with Crippen LogP contribution >= 0.6 is 0 Å². The fraction of sp³-hybridized carbons (Fsp3) is 0.588. The highest BCUT2D eigenvalue weighted by atomic mass is 16.2. The maximum atomic E-state index is 12.6. The second-order valence-corrected chi connectivity index (χ2v) is 6.76. The van der Waals surface area contributed by atoms with Gasteiger partial charge >= 0.3 is 0 Å². The molecule has 0 heterocycles. The van der Waals surface area contributed by atoms with Gasteiger partial charge in [0.1, 0.15) is 0 Å². The molecule has 1 aromatic carbocycles. The average molecular weight is 291 g/mol. The second kappa shape index (κ2) is 6.83. The summed E-state index contributed by atoms with van der Waals surface area (Å²) < 4.78 is 0. The third kappa shape index (κ3) is 4.66. The highest BCUT2D eigenvalue weighted by Gasteiger charge is 2.27. The fourth-order valence-electron chi connectivity index (χ4n) is 2.37. The topological polar surface area (TPSA) is 49.6 Å². The van der Waals surface area contributed by atoms with Crippen LogP contribution in [0.15, 0.2) is 18.2 Å². The van der Waals surface area contributed by atoms with Crippen LogP contribution in [0.4, 0.5) is 11.4 Å². The molecule has 0 saturated carbocycles. The zero-order valence-corrected chi connectivity index (χ0v) is 14.2. The smallest absolute Gasteiger partial charge is 0.228 e. The molecule has 21 heavy (non-hydrogen) atoms. The van der Waals surface area contributed by atoms with Crippen LogP contribution in [0.3, 0.4) is 0 Å². The first-order chi connectivity index (χ1) is 9.66. The van der Waals surface area contributed by atoms with Crippen molar-refractivity contribution < 1.29 is 4.79 Å². The molecule has 0 unspecified atom stereocenters. The third-order valence-electron chi connectivity index (χ3n) is 3.37. The maximum absolute atomic E-state index is 12.6. The second-order valence-electron chi connectivity index (χ2n) is 6.76. The summed E-state index contributed by atoms with van der Waals surface area (Å²) in [5.41, 5.74) is 8.47. The number of amides is 1. The first kappa shape index (κ1) is 17.3. The van der Waals surface area contributed by atoms with Gasteiger partial charge in [0.05, 0.1) is 0 Å². The number of carbonyl (C=O) groups excluding carboxylic acids is 1. The van der Waals surface area contributed by atoms with Crippen LogP contribution in [0, 0.1) is 5.41 Å². The van der Waals surface area contributed by atoms with Crippen LogP contribution in [0.25, 0.3) is 0 Å². The van der Waals surface area contributed by atoms with E-state index in [4.69, 9.17) is 5.73 Å². The Labute approximate surface area is 128 Å². The third-order valence-corrected chi connectivity index (χ3v) is 3.37. The Morgan fingerprint density at radius 3 is 2.33 bits per heavy atom. The minimum atomic E-state index is -0.367. The number of nitrogen functional groups attached to an aromatic ring is 1. The van der Waals surface area contributed by atoms with E-state index in [0.29, 0.717) is 6.54 Å². The lowest BCUT2D eigenvalue weighted by molar-refractivity contribution is -0.140. The van der Waals surface area contributed by atoms with Gasteiger partial charge in [0.25, 0.3) is 0 Å². The summed E-state index contributed by atoms with van der Waals surface area (Å²) in [7, 11) is 4.01. The van der Waals surface area contributed by atoms with E-state index in [2.05, 4.69) is 11.8 Å². The van der Waals surface area contributed by atoms with Crippen LogP contribution < -0.4 is 10.6 Å². The Morgan fingerprint density at radius 1 is 1.24 bits per heavy atom. The number of benzene rings is 1. The number of nitrogens with two attached hydrogens (primary N) is 1. The molecule has 0 spiro atoms. The van der Waals surface area contributed by atoms with Gasteiger partial charge < -0.3 is 15.5 Å². The molecule has 0 aliphatic heterocycles. The lowest BCUT2D eigenvalue weighted by atomic mass is 9.94. The molecule has 0 aromatic heterocycles. The van der Waals surface area contributed by atoms with E-state index in [-0.39, 0.29) is 11.3 Å². The van der Waals surface area contributed by atoms with Crippen molar-refractivity contribution in [2.75, 3.05) is 31.3 Å². The van der Waals surface area contributed by atoms with Gasteiger partial charge in [0.2, 0.25) is 5.91 Å². The summed E-state index contributed by atoms with van der Waals surface area (Å²) in [6.45, 7) is 9.34. The number of rotatable bonds is 5.